The molecule has 2 N–H and O–H groups in total. The molecule has 28 heavy (non-hydrogen) atoms. The van der Waals surface area contributed by atoms with E-state index in [4.69, 9.17) is 27.9 Å². The number of hydrogen-bond donors (Lipinski definition) is 2. The van der Waals surface area contributed by atoms with Gasteiger partial charge in [0.25, 0.3) is 10.0 Å². The Kier molecular flexibility index (Phi) is 6.29. The van der Waals surface area contributed by atoms with Crippen LogP contribution in [-0.4, -0.2) is 40.7 Å². The molecule has 9 heteroatoms. The summed E-state index contributed by atoms with van der Waals surface area (Å²) in [5, 5.41) is 3.64. The molecule has 2 unspecified atom stereocenters. The van der Waals surface area contributed by atoms with Crippen LogP contribution in [0.15, 0.2) is 41.3 Å². The lowest BCUT2D eigenvalue weighted by atomic mass is 10.1. The Morgan fingerprint density at radius 1 is 1.14 bits per heavy atom. The Hall–Kier alpha value is -1.67. The number of ether oxygens (including phenoxy) is 1. The largest absolute Gasteiger partial charge is 0.495 e. The van der Waals surface area contributed by atoms with Crippen LogP contribution in [0.1, 0.15) is 13.8 Å². The van der Waals surface area contributed by atoms with Crippen molar-refractivity contribution in [3.05, 3.63) is 46.4 Å². The van der Waals surface area contributed by atoms with E-state index in [0.29, 0.717) is 23.5 Å². The van der Waals surface area contributed by atoms with Gasteiger partial charge in [-0.2, -0.15) is 0 Å². The second-order valence-corrected chi connectivity index (χ2v) is 9.35. The lowest BCUT2D eigenvalue weighted by Crippen LogP contribution is -2.54. The molecule has 0 saturated carbocycles. The predicted molar refractivity (Wildman–Crippen MR) is 115 cm³/mol. The van der Waals surface area contributed by atoms with E-state index in [1.807, 2.05) is 6.07 Å². The SMILES string of the molecule is COc1ccc(N2CC(C)NC(C)C2)cc1NS(=O)(=O)c1cccc(Cl)c1Cl. The first-order valence-electron chi connectivity index (χ1n) is 8.87. The minimum atomic E-state index is -3.95. The molecule has 0 radical (unpaired) electrons. The van der Waals surface area contributed by atoms with Crippen LogP contribution in [0.5, 0.6) is 5.75 Å². The number of nitrogens with one attached hydrogen (secondary N) is 2. The average Bonchev–Trinajstić information content (AvgIpc) is 2.62. The van der Waals surface area contributed by atoms with Gasteiger partial charge in [0, 0.05) is 30.9 Å². The fourth-order valence-electron chi connectivity index (χ4n) is 3.40. The van der Waals surface area contributed by atoms with Crippen molar-refractivity contribution in [1.29, 1.82) is 0 Å². The van der Waals surface area contributed by atoms with Crippen LogP contribution >= 0.6 is 23.2 Å². The van der Waals surface area contributed by atoms with Crippen LogP contribution < -0.4 is 19.7 Å². The lowest BCUT2D eigenvalue weighted by molar-refractivity contribution is 0.406. The molecule has 0 aliphatic carbocycles. The molecule has 3 rings (SSSR count). The van der Waals surface area contributed by atoms with E-state index >= 15 is 0 Å². The maximum Gasteiger partial charge on any atom is 0.263 e. The highest BCUT2D eigenvalue weighted by Crippen LogP contribution is 2.34. The van der Waals surface area contributed by atoms with E-state index in [-0.39, 0.29) is 14.9 Å². The van der Waals surface area contributed by atoms with E-state index in [0.717, 1.165) is 18.8 Å². The van der Waals surface area contributed by atoms with Gasteiger partial charge in [-0.25, -0.2) is 8.42 Å². The molecule has 6 nitrogen and oxygen atoms in total. The molecule has 2 atom stereocenters. The summed E-state index contributed by atoms with van der Waals surface area (Å²) in [4.78, 5) is 2.13. The molecule has 1 fully saturated rings. The third-order valence-electron chi connectivity index (χ3n) is 4.56. The summed E-state index contributed by atoms with van der Waals surface area (Å²) >= 11 is 12.1. The number of anilines is 2. The number of methoxy groups -OCH3 is 1. The van der Waals surface area contributed by atoms with Gasteiger partial charge in [0.2, 0.25) is 0 Å². The zero-order chi connectivity index (χ0) is 20.5. The van der Waals surface area contributed by atoms with Gasteiger partial charge >= 0.3 is 0 Å². The first-order valence-corrected chi connectivity index (χ1v) is 11.1. The molecule has 2 aromatic rings. The van der Waals surface area contributed by atoms with Gasteiger partial charge in [-0.3, -0.25) is 4.72 Å². The summed E-state index contributed by atoms with van der Waals surface area (Å²) in [6, 6.07) is 10.6. The van der Waals surface area contributed by atoms with Crippen LogP contribution in [0.4, 0.5) is 11.4 Å². The van der Waals surface area contributed by atoms with E-state index in [9.17, 15) is 8.42 Å². The smallest absolute Gasteiger partial charge is 0.263 e. The maximum absolute atomic E-state index is 12.9. The van der Waals surface area contributed by atoms with Gasteiger partial charge in [-0.15, -0.1) is 0 Å². The van der Waals surface area contributed by atoms with Gasteiger partial charge in [0.05, 0.1) is 22.8 Å². The van der Waals surface area contributed by atoms with E-state index in [1.165, 1.54) is 19.2 Å². The number of piperazine rings is 1. The quantitative estimate of drug-likeness (QED) is 0.730. The van der Waals surface area contributed by atoms with E-state index in [1.54, 1.807) is 18.2 Å². The Labute approximate surface area is 175 Å². The average molecular weight is 444 g/mol. The van der Waals surface area contributed by atoms with Crippen molar-refractivity contribution < 1.29 is 13.2 Å². The van der Waals surface area contributed by atoms with Gasteiger partial charge in [0.1, 0.15) is 10.6 Å². The molecule has 1 aliphatic rings. The standard InChI is InChI=1S/C19H23Cl2N3O3S/c1-12-10-24(11-13(2)22-12)14-7-8-17(27-3)16(9-14)23-28(25,26)18-6-4-5-15(20)19(18)21/h4-9,12-13,22-23H,10-11H2,1-3H3. The molecule has 0 spiro atoms. The Bertz CT molecular complexity index is 959. The normalized spacial score (nSPS) is 20.1. The molecule has 1 saturated heterocycles. The molecular weight excluding hydrogens is 421 g/mol. The Morgan fingerprint density at radius 2 is 1.82 bits per heavy atom. The zero-order valence-electron chi connectivity index (χ0n) is 15.9. The van der Waals surface area contributed by atoms with Gasteiger partial charge < -0.3 is 15.0 Å². The third kappa shape index (κ3) is 4.49. The fourth-order valence-corrected chi connectivity index (χ4v) is 5.23. The number of hydrogen-bond acceptors (Lipinski definition) is 5. The summed E-state index contributed by atoms with van der Waals surface area (Å²) in [7, 11) is -2.45. The van der Waals surface area contributed by atoms with Crippen molar-refractivity contribution in [3.8, 4) is 5.75 Å². The zero-order valence-corrected chi connectivity index (χ0v) is 18.2. The minimum Gasteiger partial charge on any atom is -0.495 e. The molecular formula is C19H23Cl2N3O3S. The van der Waals surface area contributed by atoms with E-state index in [2.05, 4.69) is 28.8 Å². The van der Waals surface area contributed by atoms with Crippen molar-refractivity contribution >= 4 is 44.6 Å². The molecule has 0 bridgehead atoms. The lowest BCUT2D eigenvalue weighted by Gasteiger charge is -2.38. The van der Waals surface area contributed by atoms with Crippen molar-refractivity contribution in [2.24, 2.45) is 0 Å². The van der Waals surface area contributed by atoms with Crippen LogP contribution in [-0.2, 0) is 10.0 Å². The third-order valence-corrected chi connectivity index (χ3v) is 6.89. The monoisotopic (exact) mass is 443 g/mol. The summed E-state index contributed by atoms with van der Waals surface area (Å²) in [6.07, 6.45) is 0. The number of halogens is 2. The van der Waals surface area contributed by atoms with Gasteiger partial charge in [0.15, 0.2) is 0 Å². The van der Waals surface area contributed by atoms with Gasteiger partial charge in [-0.05, 0) is 44.2 Å². The van der Waals surface area contributed by atoms with Crippen molar-refractivity contribution in [2.45, 2.75) is 30.8 Å². The summed E-state index contributed by atoms with van der Waals surface area (Å²) in [5.74, 6) is 0.418. The second-order valence-electron chi connectivity index (χ2n) is 6.92. The summed E-state index contributed by atoms with van der Waals surface area (Å²) < 4.78 is 33.7. The summed E-state index contributed by atoms with van der Waals surface area (Å²) in [6.45, 7) is 5.89. The highest BCUT2D eigenvalue weighted by molar-refractivity contribution is 7.92. The summed E-state index contributed by atoms with van der Waals surface area (Å²) in [5.41, 5.74) is 1.26. The number of nitrogens with zero attached hydrogens (tertiary/aromatic N) is 1. The predicted octanol–water partition coefficient (Wildman–Crippen LogP) is 3.99. The number of benzene rings is 2. The van der Waals surface area contributed by atoms with Gasteiger partial charge in [-0.1, -0.05) is 29.3 Å². The first-order chi connectivity index (χ1) is 13.2. The Morgan fingerprint density at radius 3 is 2.46 bits per heavy atom. The van der Waals surface area contributed by atoms with E-state index < -0.39 is 10.0 Å². The first kappa shape index (κ1) is 21.0. The van der Waals surface area contributed by atoms with Crippen LogP contribution in [0.2, 0.25) is 10.0 Å². The molecule has 0 aromatic heterocycles. The van der Waals surface area contributed by atoms with Crippen LogP contribution in [0, 0.1) is 0 Å². The van der Waals surface area contributed by atoms with Crippen molar-refractivity contribution in [2.75, 3.05) is 29.8 Å². The van der Waals surface area contributed by atoms with Crippen LogP contribution in [0.3, 0.4) is 0 Å². The molecule has 1 aliphatic heterocycles. The number of rotatable bonds is 5. The molecule has 2 aromatic carbocycles. The van der Waals surface area contributed by atoms with Crippen LogP contribution in [0.25, 0.3) is 0 Å². The maximum atomic E-state index is 12.9. The van der Waals surface area contributed by atoms with Crippen molar-refractivity contribution in [3.63, 3.8) is 0 Å². The number of sulfonamides is 1. The minimum absolute atomic E-state index is 0.0171. The Balaban J connectivity index is 1.95. The van der Waals surface area contributed by atoms with Crippen molar-refractivity contribution in [1.82, 2.24) is 5.32 Å². The topological polar surface area (TPSA) is 70.7 Å². The molecule has 0 amide bonds. The highest BCUT2D eigenvalue weighted by Gasteiger charge is 2.24. The fraction of sp³-hybridized carbons (Fsp3) is 0.368. The molecule has 1 heterocycles. The second kappa shape index (κ2) is 8.37. The molecule has 152 valence electrons. The highest BCUT2D eigenvalue weighted by atomic mass is 35.5.